The van der Waals surface area contributed by atoms with Gasteiger partial charge in [0.05, 0.1) is 26.4 Å². The smallest absolute Gasteiger partial charge is 0.191 e. The Kier molecular flexibility index (Phi) is 15.3. The van der Waals surface area contributed by atoms with Crippen molar-refractivity contribution >= 4 is 29.9 Å². The number of hydrogen-bond acceptors (Lipinski definition) is 4. The van der Waals surface area contributed by atoms with Crippen LogP contribution in [0.2, 0.25) is 0 Å². The molecule has 0 aromatic heterocycles. The lowest BCUT2D eigenvalue weighted by Crippen LogP contribution is -2.41. The van der Waals surface area contributed by atoms with Crippen LogP contribution >= 0.6 is 24.0 Å². The summed E-state index contributed by atoms with van der Waals surface area (Å²) in [6.45, 7) is 15.3. The van der Waals surface area contributed by atoms with Crippen molar-refractivity contribution in [2.75, 3.05) is 65.7 Å². The Morgan fingerprint density at radius 2 is 1.96 bits per heavy atom. The van der Waals surface area contributed by atoms with E-state index in [0.717, 1.165) is 78.1 Å². The van der Waals surface area contributed by atoms with Crippen LogP contribution in [0.25, 0.3) is 0 Å². The fourth-order valence-electron chi connectivity index (χ4n) is 2.13. The van der Waals surface area contributed by atoms with E-state index in [1.54, 1.807) is 0 Å². The molecule has 7 heteroatoms. The van der Waals surface area contributed by atoms with Crippen LogP contribution in [0.15, 0.2) is 4.99 Å². The summed E-state index contributed by atoms with van der Waals surface area (Å²) in [7, 11) is 0. The van der Waals surface area contributed by atoms with Gasteiger partial charge in [0.15, 0.2) is 5.96 Å². The molecular formula is C16H35IN4O2. The summed E-state index contributed by atoms with van der Waals surface area (Å²) in [5, 5.41) is 6.59. The van der Waals surface area contributed by atoms with Crippen LogP contribution in [-0.2, 0) is 9.47 Å². The predicted octanol–water partition coefficient (Wildman–Crippen LogP) is 1.55. The third-order valence-corrected chi connectivity index (χ3v) is 3.51. The monoisotopic (exact) mass is 442 g/mol. The highest BCUT2D eigenvalue weighted by molar-refractivity contribution is 14.0. The van der Waals surface area contributed by atoms with Crippen molar-refractivity contribution in [3.05, 3.63) is 0 Å². The minimum atomic E-state index is 0. The van der Waals surface area contributed by atoms with Gasteiger partial charge in [-0.1, -0.05) is 13.8 Å². The summed E-state index contributed by atoms with van der Waals surface area (Å²) in [4.78, 5) is 7.00. The summed E-state index contributed by atoms with van der Waals surface area (Å²) in [6, 6.07) is 0. The Bertz CT molecular complexity index is 298. The van der Waals surface area contributed by atoms with Crippen molar-refractivity contribution in [2.24, 2.45) is 10.9 Å². The Morgan fingerprint density at radius 3 is 2.61 bits per heavy atom. The summed E-state index contributed by atoms with van der Waals surface area (Å²) >= 11 is 0. The Balaban J connectivity index is 0.00000484. The highest BCUT2D eigenvalue weighted by Gasteiger charge is 2.09. The highest BCUT2D eigenvalue weighted by atomic mass is 127. The number of ether oxygens (including phenoxy) is 2. The second kappa shape index (κ2) is 15.4. The first kappa shape index (κ1) is 22.9. The van der Waals surface area contributed by atoms with E-state index in [0.29, 0.717) is 5.92 Å². The molecule has 1 rings (SSSR count). The van der Waals surface area contributed by atoms with Crippen LogP contribution in [0.3, 0.4) is 0 Å². The van der Waals surface area contributed by atoms with Crippen LogP contribution in [0.1, 0.15) is 27.2 Å². The number of morpholine rings is 1. The number of halogens is 1. The molecule has 23 heavy (non-hydrogen) atoms. The summed E-state index contributed by atoms with van der Waals surface area (Å²) in [5.74, 6) is 1.58. The molecule has 0 amide bonds. The van der Waals surface area contributed by atoms with Gasteiger partial charge >= 0.3 is 0 Å². The van der Waals surface area contributed by atoms with Gasteiger partial charge in [0.2, 0.25) is 0 Å². The number of nitrogens with one attached hydrogen (secondary N) is 2. The lowest BCUT2D eigenvalue weighted by molar-refractivity contribution is 0.0394. The molecule has 1 heterocycles. The van der Waals surface area contributed by atoms with Gasteiger partial charge in [-0.25, -0.2) is 0 Å². The summed E-state index contributed by atoms with van der Waals surface area (Å²) < 4.78 is 11.0. The van der Waals surface area contributed by atoms with E-state index in [2.05, 4.69) is 41.3 Å². The highest BCUT2D eigenvalue weighted by Crippen LogP contribution is 1.98. The van der Waals surface area contributed by atoms with Crippen molar-refractivity contribution in [1.82, 2.24) is 15.5 Å². The SMILES string of the molecule is CCNC(=NCCN1CCOCC1)NCCOCCC(C)C.I. The lowest BCUT2D eigenvalue weighted by atomic mass is 10.1. The average Bonchev–Trinajstić information content (AvgIpc) is 2.51. The largest absolute Gasteiger partial charge is 0.380 e. The molecule has 1 aliphatic rings. The maximum absolute atomic E-state index is 5.61. The predicted molar refractivity (Wildman–Crippen MR) is 107 cm³/mol. The fourth-order valence-corrected chi connectivity index (χ4v) is 2.13. The van der Waals surface area contributed by atoms with Gasteiger partial charge in [-0.15, -0.1) is 24.0 Å². The van der Waals surface area contributed by atoms with Gasteiger partial charge in [-0.05, 0) is 19.3 Å². The van der Waals surface area contributed by atoms with Gasteiger partial charge in [-0.2, -0.15) is 0 Å². The molecule has 1 fully saturated rings. The quantitative estimate of drug-likeness (QED) is 0.233. The topological polar surface area (TPSA) is 58.1 Å². The van der Waals surface area contributed by atoms with E-state index in [9.17, 15) is 0 Å². The van der Waals surface area contributed by atoms with Crippen molar-refractivity contribution in [3.63, 3.8) is 0 Å². The normalized spacial score (nSPS) is 16.3. The number of rotatable bonds is 10. The zero-order valence-electron chi connectivity index (χ0n) is 15.0. The molecule has 0 saturated carbocycles. The summed E-state index contributed by atoms with van der Waals surface area (Å²) in [6.07, 6.45) is 1.12. The third kappa shape index (κ3) is 12.9. The van der Waals surface area contributed by atoms with E-state index in [4.69, 9.17) is 9.47 Å². The van der Waals surface area contributed by atoms with Crippen molar-refractivity contribution in [2.45, 2.75) is 27.2 Å². The van der Waals surface area contributed by atoms with Crippen LogP contribution in [0, 0.1) is 5.92 Å². The van der Waals surface area contributed by atoms with Gasteiger partial charge in [0.1, 0.15) is 0 Å². The first-order valence-electron chi connectivity index (χ1n) is 8.62. The fraction of sp³-hybridized carbons (Fsp3) is 0.938. The third-order valence-electron chi connectivity index (χ3n) is 3.51. The lowest BCUT2D eigenvalue weighted by Gasteiger charge is -2.25. The minimum absolute atomic E-state index is 0. The number of guanidine groups is 1. The molecule has 1 aliphatic heterocycles. The van der Waals surface area contributed by atoms with Crippen LogP contribution in [0.4, 0.5) is 0 Å². The zero-order chi connectivity index (χ0) is 16.0. The van der Waals surface area contributed by atoms with Crippen molar-refractivity contribution < 1.29 is 9.47 Å². The molecule has 0 radical (unpaired) electrons. The zero-order valence-corrected chi connectivity index (χ0v) is 17.3. The Labute approximate surface area is 158 Å². The van der Waals surface area contributed by atoms with E-state index in [1.165, 1.54) is 0 Å². The molecule has 0 unspecified atom stereocenters. The maximum atomic E-state index is 5.61. The molecule has 0 spiro atoms. The van der Waals surface area contributed by atoms with Crippen LogP contribution in [0.5, 0.6) is 0 Å². The van der Waals surface area contributed by atoms with Gasteiger partial charge < -0.3 is 20.1 Å². The average molecular weight is 442 g/mol. The summed E-state index contributed by atoms with van der Waals surface area (Å²) in [5.41, 5.74) is 0. The minimum Gasteiger partial charge on any atom is -0.380 e. The first-order valence-corrected chi connectivity index (χ1v) is 8.62. The van der Waals surface area contributed by atoms with E-state index >= 15 is 0 Å². The second-order valence-corrected chi connectivity index (χ2v) is 5.94. The van der Waals surface area contributed by atoms with E-state index in [1.807, 2.05) is 0 Å². The standard InChI is InChI=1S/C16H34N4O2.HI/c1-4-17-16(19-7-12-21-11-5-15(2)3)18-6-8-20-9-13-22-14-10-20;/h15H,4-14H2,1-3H3,(H2,17,18,19);1H. The first-order chi connectivity index (χ1) is 10.7. The second-order valence-electron chi connectivity index (χ2n) is 5.94. The van der Waals surface area contributed by atoms with Gasteiger partial charge in [0.25, 0.3) is 0 Å². The van der Waals surface area contributed by atoms with Crippen molar-refractivity contribution in [3.8, 4) is 0 Å². The molecule has 6 nitrogen and oxygen atoms in total. The molecule has 0 atom stereocenters. The number of aliphatic imine (C=N–C) groups is 1. The molecule has 0 aromatic rings. The number of hydrogen-bond donors (Lipinski definition) is 2. The van der Waals surface area contributed by atoms with Gasteiger partial charge in [0, 0.05) is 39.3 Å². The van der Waals surface area contributed by atoms with Crippen LogP contribution < -0.4 is 10.6 Å². The molecule has 2 N–H and O–H groups in total. The van der Waals surface area contributed by atoms with Gasteiger partial charge in [-0.3, -0.25) is 9.89 Å². The molecule has 0 aliphatic carbocycles. The Hall–Kier alpha value is -0.120. The molecule has 1 saturated heterocycles. The van der Waals surface area contributed by atoms with E-state index in [-0.39, 0.29) is 24.0 Å². The molecule has 0 bridgehead atoms. The molecule has 138 valence electrons. The maximum Gasteiger partial charge on any atom is 0.191 e. The van der Waals surface area contributed by atoms with Crippen LogP contribution in [-0.4, -0.2) is 76.6 Å². The molecule has 0 aromatic carbocycles. The Morgan fingerprint density at radius 1 is 1.22 bits per heavy atom. The number of nitrogens with zero attached hydrogens (tertiary/aromatic N) is 2. The van der Waals surface area contributed by atoms with E-state index < -0.39 is 0 Å². The molecular weight excluding hydrogens is 407 g/mol. The van der Waals surface area contributed by atoms with Crippen molar-refractivity contribution in [1.29, 1.82) is 0 Å².